The lowest BCUT2D eigenvalue weighted by Crippen LogP contribution is -2.34. The summed E-state index contributed by atoms with van der Waals surface area (Å²) in [4.78, 5) is 48.8. The van der Waals surface area contributed by atoms with Crippen molar-refractivity contribution in [2.75, 3.05) is 6.61 Å². The van der Waals surface area contributed by atoms with Crippen LogP contribution in [-0.2, 0) is 18.6 Å². The number of carbonyl (C=O) groups is 1. The van der Waals surface area contributed by atoms with Crippen LogP contribution < -0.4 is 16.3 Å². The predicted molar refractivity (Wildman–Crippen MR) is 93.5 cm³/mol. The molecule has 154 valence electrons. The number of aromatic amines is 1. The molecule has 1 aromatic heterocycles. The molecule has 0 saturated carbocycles. The van der Waals surface area contributed by atoms with Gasteiger partial charge in [-0.1, -0.05) is 5.11 Å². The van der Waals surface area contributed by atoms with Crippen molar-refractivity contribution < 1.29 is 28.6 Å². The number of H-pyrrole nitrogens is 1. The molecule has 1 fully saturated rings. The molecule has 5 atom stereocenters. The van der Waals surface area contributed by atoms with Crippen LogP contribution in [0.15, 0.2) is 20.9 Å². The second-order valence-electron chi connectivity index (χ2n) is 6.12. The van der Waals surface area contributed by atoms with Gasteiger partial charge in [0.15, 0.2) is 0 Å². The third kappa shape index (κ3) is 5.29. The molecule has 14 nitrogen and oxygen atoms in total. The fourth-order valence-corrected chi connectivity index (χ4v) is 3.56. The molecular formula is C13H19N6O8P. The fraction of sp³-hybridized carbons (Fsp3) is 0.615. The van der Waals surface area contributed by atoms with Gasteiger partial charge < -0.3 is 14.7 Å². The lowest BCUT2D eigenvalue weighted by atomic mass is 10.1. The average molecular weight is 418 g/mol. The second kappa shape index (κ2) is 8.69. The first kappa shape index (κ1) is 21.8. The van der Waals surface area contributed by atoms with E-state index >= 15 is 0 Å². The van der Waals surface area contributed by atoms with Crippen molar-refractivity contribution in [3.05, 3.63) is 43.0 Å². The Morgan fingerprint density at radius 2 is 2.32 bits per heavy atom. The highest BCUT2D eigenvalue weighted by atomic mass is 31.2. The summed E-state index contributed by atoms with van der Waals surface area (Å²) in [5.41, 5.74) is 7.69. The van der Waals surface area contributed by atoms with Crippen LogP contribution in [0.4, 0.5) is 0 Å². The molecule has 0 amide bonds. The van der Waals surface area contributed by atoms with Crippen LogP contribution in [0.25, 0.3) is 10.4 Å². The number of ether oxygens (including phenoxy) is 1. The lowest BCUT2D eigenvalue weighted by Gasteiger charge is -2.20. The Morgan fingerprint density at radius 3 is 2.93 bits per heavy atom. The summed E-state index contributed by atoms with van der Waals surface area (Å²) in [5.74, 6) is -1.35. The standard InChI is InChI=1S/C13H19N6O8P/c1-6-4-19(13(23)15-11(6)20)10-3-8(16-18-14)9(27-10)5-26-28(24,25)17-7(2)12(21)22/h4,7-10H,3,5H2,1-2H3,(H,21,22)(H,15,20,23)(H2,17,24,25)/t7-,8-,9+,10+/m0/s1. The minimum atomic E-state index is -4.48. The van der Waals surface area contributed by atoms with E-state index in [0.717, 1.165) is 11.5 Å². The molecule has 0 bridgehead atoms. The monoisotopic (exact) mass is 418 g/mol. The summed E-state index contributed by atoms with van der Waals surface area (Å²) in [6, 6.07) is -2.17. The largest absolute Gasteiger partial charge is 0.480 e. The summed E-state index contributed by atoms with van der Waals surface area (Å²) in [6.07, 6.45) is -0.550. The zero-order valence-corrected chi connectivity index (χ0v) is 15.8. The molecule has 1 unspecified atom stereocenters. The Balaban J connectivity index is 2.14. The molecule has 28 heavy (non-hydrogen) atoms. The Bertz CT molecular complexity index is 953. The smallest absolute Gasteiger partial charge is 0.403 e. The van der Waals surface area contributed by atoms with Gasteiger partial charge in [-0.3, -0.25) is 23.7 Å². The van der Waals surface area contributed by atoms with E-state index in [1.165, 1.54) is 13.1 Å². The van der Waals surface area contributed by atoms with Crippen LogP contribution >= 0.6 is 7.75 Å². The summed E-state index contributed by atoms with van der Waals surface area (Å²) >= 11 is 0. The maximum atomic E-state index is 12.0. The lowest BCUT2D eigenvalue weighted by molar-refractivity contribution is -0.138. The van der Waals surface area contributed by atoms with Gasteiger partial charge in [-0.25, -0.2) is 14.4 Å². The summed E-state index contributed by atoms with van der Waals surface area (Å²) in [6.45, 7) is 2.14. The van der Waals surface area contributed by atoms with Crippen molar-refractivity contribution in [2.24, 2.45) is 5.11 Å². The van der Waals surface area contributed by atoms with Gasteiger partial charge >= 0.3 is 19.4 Å². The predicted octanol–water partition coefficient (Wildman–Crippen LogP) is -0.00888. The number of carboxylic acids is 1. The third-order valence-electron chi connectivity index (χ3n) is 4.00. The van der Waals surface area contributed by atoms with E-state index in [2.05, 4.69) is 15.0 Å². The molecule has 1 aliphatic rings. The SMILES string of the molecule is Cc1cn([C@H]2C[C@H](N=[N+]=[N-])[C@@H](COP(=O)(O)N[C@@H](C)C(=O)O)O2)c(=O)[nH]c1=O. The van der Waals surface area contributed by atoms with E-state index < -0.39 is 56.0 Å². The van der Waals surface area contributed by atoms with Gasteiger partial charge in [0, 0.05) is 23.1 Å². The van der Waals surface area contributed by atoms with Crippen LogP contribution in [0.2, 0.25) is 0 Å². The number of hydrogen-bond donors (Lipinski definition) is 4. The van der Waals surface area contributed by atoms with Crippen LogP contribution in [0.5, 0.6) is 0 Å². The van der Waals surface area contributed by atoms with Crippen LogP contribution in [0, 0.1) is 6.92 Å². The van der Waals surface area contributed by atoms with Crippen molar-refractivity contribution in [1.82, 2.24) is 14.6 Å². The molecule has 1 saturated heterocycles. The topological polar surface area (TPSA) is 209 Å². The fourth-order valence-electron chi connectivity index (χ4n) is 2.54. The van der Waals surface area contributed by atoms with Gasteiger partial charge in [0.1, 0.15) is 12.3 Å². The number of azide groups is 1. The molecule has 2 rings (SSSR count). The number of aromatic nitrogens is 2. The molecular weight excluding hydrogens is 399 g/mol. The quantitative estimate of drug-likeness (QED) is 0.193. The Labute approximate surface area is 157 Å². The van der Waals surface area contributed by atoms with Crippen LogP contribution in [0.1, 0.15) is 25.1 Å². The number of aryl methyl sites for hydroxylation is 1. The van der Waals surface area contributed by atoms with Gasteiger partial charge in [0.05, 0.1) is 18.8 Å². The maximum Gasteiger partial charge on any atom is 0.403 e. The van der Waals surface area contributed by atoms with Crippen molar-refractivity contribution in [3.63, 3.8) is 0 Å². The van der Waals surface area contributed by atoms with Gasteiger partial charge in [0.2, 0.25) is 0 Å². The van der Waals surface area contributed by atoms with Gasteiger partial charge in [-0.2, -0.15) is 0 Å². The summed E-state index contributed by atoms with van der Waals surface area (Å²) in [7, 11) is -4.48. The molecule has 0 spiro atoms. The van der Waals surface area contributed by atoms with Gasteiger partial charge in [0.25, 0.3) is 5.56 Å². The van der Waals surface area contributed by atoms with Crippen molar-refractivity contribution in [2.45, 2.75) is 44.7 Å². The van der Waals surface area contributed by atoms with Gasteiger partial charge in [-0.05, 0) is 19.4 Å². The van der Waals surface area contributed by atoms with E-state index in [9.17, 15) is 23.8 Å². The van der Waals surface area contributed by atoms with E-state index in [4.69, 9.17) is 19.9 Å². The minimum Gasteiger partial charge on any atom is -0.480 e. The zero-order valence-electron chi connectivity index (χ0n) is 14.9. The number of carboxylic acid groups (broad SMARTS) is 1. The van der Waals surface area contributed by atoms with E-state index in [1.54, 1.807) is 0 Å². The highest BCUT2D eigenvalue weighted by Gasteiger charge is 2.38. The molecule has 0 aromatic carbocycles. The van der Waals surface area contributed by atoms with E-state index in [0.29, 0.717) is 0 Å². The zero-order chi connectivity index (χ0) is 21.1. The first-order chi connectivity index (χ1) is 13.0. The highest BCUT2D eigenvalue weighted by Crippen LogP contribution is 2.40. The Hall–Kier alpha value is -2.47. The minimum absolute atomic E-state index is 0.0537. The summed E-state index contributed by atoms with van der Waals surface area (Å²) in [5, 5.41) is 14.2. The number of aliphatic carboxylic acids is 1. The number of nitrogens with zero attached hydrogens (tertiary/aromatic N) is 4. The Kier molecular flexibility index (Phi) is 6.77. The van der Waals surface area contributed by atoms with Crippen molar-refractivity contribution in [1.29, 1.82) is 0 Å². The molecule has 15 heteroatoms. The Morgan fingerprint density at radius 1 is 1.64 bits per heavy atom. The summed E-state index contributed by atoms with van der Waals surface area (Å²) < 4.78 is 23.5. The van der Waals surface area contributed by atoms with E-state index in [1.807, 2.05) is 5.09 Å². The van der Waals surface area contributed by atoms with Crippen LogP contribution in [0.3, 0.4) is 0 Å². The normalized spacial score (nSPS) is 24.9. The first-order valence-corrected chi connectivity index (χ1v) is 9.61. The number of rotatable bonds is 8. The highest BCUT2D eigenvalue weighted by molar-refractivity contribution is 7.50. The first-order valence-electron chi connectivity index (χ1n) is 8.03. The molecule has 4 N–H and O–H groups in total. The van der Waals surface area contributed by atoms with Crippen LogP contribution in [-0.4, -0.2) is 50.3 Å². The molecule has 0 radical (unpaired) electrons. The van der Waals surface area contributed by atoms with Gasteiger partial charge in [-0.15, -0.1) is 0 Å². The van der Waals surface area contributed by atoms with E-state index in [-0.39, 0.29) is 12.0 Å². The maximum absolute atomic E-state index is 12.0. The molecule has 1 aromatic rings. The second-order valence-corrected chi connectivity index (χ2v) is 7.68. The number of nitrogens with one attached hydrogen (secondary N) is 2. The number of hydrogen-bond acceptors (Lipinski definition) is 7. The molecule has 0 aliphatic carbocycles. The average Bonchev–Trinajstić information content (AvgIpc) is 2.99. The van der Waals surface area contributed by atoms with Crippen molar-refractivity contribution >= 4 is 13.7 Å². The van der Waals surface area contributed by atoms with Crippen molar-refractivity contribution in [3.8, 4) is 0 Å². The molecule has 1 aliphatic heterocycles. The third-order valence-corrected chi connectivity index (χ3v) is 5.21. The molecule has 2 heterocycles.